The van der Waals surface area contributed by atoms with Gasteiger partial charge >= 0.3 is 6.18 Å². The summed E-state index contributed by atoms with van der Waals surface area (Å²) >= 11 is 5.50. The maximum absolute atomic E-state index is 12.9. The summed E-state index contributed by atoms with van der Waals surface area (Å²) in [6.07, 6.45) is -4.86. The van der Waals surface area contributed by atoms with E-state index < -0.39 is 39.3 Å². The number of hydrogen-bond donors (Lipinski definition) is 2. The van der Waals surface area contributed by atoms with Crippen LogP contribution in [-0.2, 0) is 16.2 Å². The van der Waals surface area contributed by atoms with E-state index in [2.05, 4.69) is 4.72 Å². The number of sulfonamides is 1. The molecule has 21 heavy (non-hydrogen) atoms. The molecule has 1 atom stereocenters. The highest BCUT2D eigenvalue weighted by Crippen LogP contribution is 2.35. The topological polar surface area (TPSA) is 66.4 Å². The van der Waals surface area contributed by atoms with Crippen molar-refractivity contribution in [1.82, 2.24) is 4.72 Å². The third-order valence-electron chi connectivity index (χ3n) is 2.84. The minimum absolute atomic E-state index is 0.219. The number of alkyl halides is 3. The molecule has 0 aliphatic carbocycles. The predicted octanol–water partition coefficient (Wildman–Crippen LogP) is 2.65. The Morgan fingerprint density at radius 3 is 2.33 bits per heavy atom. The lowest BCUT2D eigenvalue weighted by molar-refractivity contribution is -0.139. The van der Waals surface area contributed by atoms with Gasteiger partial charge in [0.05, 0.1) is 17.1 Å². The Labute approximate surface area is 126 Å². The fourth-order valence-corrected chi connectivity index (χ4v) is 3.36. The molecule has 120 valence electrons. The molecule has 1 aromatic rings. The molecule has 4 nitrogen and oxygen atoms in total. The molecule has 0 aliphatic heterocycles. The third-order valence-corrected chi connectivity index (χ3v) is 4.63. The second kappa shape index (κ2) is 6.51. The Morgan fingerprint density at radius 1 is 1.33 bits per heavy atom. The van der Waals surface area contributed by atoms with Gasteiger partial charge in [0.15, 0.2) is 0 Å². The molecule has 2 N–H and O–H groups in total. The Bertz CT molecular complexity index is 602. The zero-order chi connectivity index (χ0) is 16.4. The maximum Gasteiger partial charge on any atom is 0.417 e. The van der Waals surface area contributed by atoms with E-state index in [-0.39, 0.29) is 10.9 Å². The Kier molecular flexibility index (Phi) is 5.65. The van der Waals surface area contributed by atoms with E-state index in [4.69, 9.17) is 16.7 Å². The van der Waals surface area contributed by atoms with E-state index in [1.54, 1.807) is 13.8 Å². The average Bonchev–Trinajstić information content (AvgIpc) is 2.34. The molecular weight excluding hydrogens is 331 g/mol. The zero-order valence-corrected chi connectivity index (χ0v) is 12.9. The summed E-state index contributed by atoms with van der Waals surface area (Å²) in [6.45, 7) is 2.75. The van der Waals surface area contributed by atoms with Crippen molar-refractivity contribution in [2.75, 3.05) is 6.61 Å². The van der Waals surface area contributed by atoms with Gasteiger partial charge in [-0.1, -0.05) is 25.4 Å². The van der Waals surface area contributed by atoms with Crippen molar-refractivity contribution >= 4 is 21.6 Å². The van der Waals surface area contributed by atoms with E-state index >= 15 is 0 Å². The van der Waals surface area contributed by atoms with Gasteiger partial charge in [0, 0.05) is 11.1 Å². The standard InChI is InChI=1S/C12H15ClF3NO3S/c1-7(2)10(6-18)17-21(19,20)11-4-3-8(13)5-9(11)12(14,15)16/h3-5,7,10,17-18H,6H2,1-2H3. The van der Waals surface area contributed by atoms with Crippen molar-refractivity contribution in [2.45, 2.75) is 31.0 Å². The molecule has 0 amide bonds. The summed E-state index contributed by atoms with van der Waals surface area (Å²) in [5, 5.41) is 8.89. The first kappa shape index (κ1) is 18.2. The van der Waals surface area contributed by atoms with E-state index in [1.165, 1.54) is 0 Å². The number of benzene rings is 1. The minimum atomic E-state index is -4.86. The van der Waals surface area contributed by atoms with Crippen LogP contribution in [0.2, 0.25) is 5.02 Å². The van der Waals surface area contributed by atoms with Crippen molar-refractivity contribution in [3.8, 4) is 0 Å². The van der Waals surface area contributed by atoms with Crippen LogP contribution < -0.4 is 4.72 Å². The number of aliphatic hydroxyl groups excluding tert-OH is 1. The molecule has 0 spiro atoms. The molecule has 0 fully saturated rings. The molecule has 0 radical (unpaired) electrons. The van der Waals surface area contributed by atoms with Crippen LogP contribution in [0.5, 0.6) is 0 Å². The van der Waals surface area contributed by atoms with Gasteiger partial charge in [0.1, 0.15) is 0 Å². The molecule has 0 bridgehead atoms. The fraction of sp³-hybridized carbons (Fsp3) is 0.500. The highest BCUT2D eigenvalue weighted by molar-refractivity contribution is 7.89. The monoisotopic (exact) mass is 345 g/mol. The molecule has 0 saturated carbocycles. The van der Waals surface area contributed by atoms with Crippen molar-refractivity contribution < 1.29 is 26.7 Å². The lowest BCUT2D eigenvalue weighted by Gasteiger charge is -2.21. The van der Waals surface area contributed by atoms with E-state index in [1.807, 2.05) is 0 Å². The van der Waals surface area contributed by atoms with Gasteiger partial charge in [-0.15, -0.1) is 0 Å². The fourth-order valence-electron chi connectivity index (χ4n) is 1.61. The Morgan fingerprint density at radius 2 is 1.90 bits per heavy atom. The summed E-state index contributed by atoms with van der Waals surface area (Å²) < 4.78 is 65.1. The van der Waals surface area contributed by atoms with Crippen LogP contribution in [0, 0.1) is 5.92 Å². The number of rotatable bonds is 5. The van der Waals surface area contributed by atoms with Crippen molar-refractivity contribution in [3.63, 3.8) is 0 Å². The number of halogens is 4. The largest absolute Gasteiger partial charge is 0.417 e. The molecule has 0 heterocycles. The highest BCUT2D eigenvalue weighted by Gasteiger charge is 2.38. The highest BCUT2D eigenvalue weighted by atomic mass is 35.5. The smallest absolute Gasteiger partial charge is 0.395 e. The number of hydrogen-bond acceptors (Lipinski definition) is 3. The molecule has 0 aliphatic rings. The van der Waals surface area contributed by atoms with Crippen molar-refractivity contribution in [3.05, 3.63) is 28.8 Å². The van der Waals surface area contributed by atoms with Crippen LogP contribution in [0.15, 0.2) is 23.1 Å². The van der Waals surface area contributed by atoms with Crippen LogP contribution in [0.4, 0.5) is 13.2 Å². The molecule has 1 unspecified atom stereocenters. The van der Waals surface area contributed by atoms with Crippen LogP contribution >= 0.6 is 11.6 Å². The van der Waals surface area contributed by atoms with E-state index in [0.717, 1.165) is 12.1 Å². The zero-order valence-electron chi connectivity index (χ0n) is 11.3. The van der Waals surface area contributed by atoms with Crippen molar-refractivity contribution in [1.29, 1.82) is 0 Å². The summed E-state index contributed by atoms with van der Waals surface area (Å²) in [6, 6.07) is 1.53. The molecule has 1 aromatic carbocycles. The van der Waals surface area contributed by atoms with Gasteiger partial charge in [0.2, 0.25) is 10.0 Å². The second-order valence-corrected chi connectivity index (χ2v) is 6.91. The summed E-state index contributed by atoms with van der Waals surface area (Å²) in [4.78, 5) is -0.918. The summed E-state index contributed by atoms with van der Waals surface area (Å²) in [5.41, 5.74) is -1.34. The van der Waals surface area contributed by atoms with Crippen LogP contribution in [0.25, 0.3) is 0 Å². The third kappa shape index (κ3) is 4.57. The molecular formula is C12H15ClF3NO3S. The minimum Gasteiger partial charge on any atom is -0.395 e. The number of nitrogens with one attached hydrogen (secondary N) is 1. The van der Waals surface area contributed by atoms with Crippen LogP contribution in [0.1, 0.15) is 19.4 Å². The first-order valence-corrected chi connectivity index (χ1v) is 7.85. The Balaban J connectivity index is 3.32. The van der Waals surface area contributed by atoms with Crippen LogP contribution in [0.3, 0.4) is 0 Å². The maximum atomic E-state index is 12.9. The Hall–Kier alpha value is -0.830. The van der Waals surface area contributed by atoms with E-state index in [9.17, 15) is 21.6 Å². The molecule has 0 saturated heterocycles. The second-order valence-electron chi connectivity index (χ2n) is 4.79. The molecule has 9 heteroatoms. The molecule has 0 aromatic heterocycles. The SMILES string of the molecule is CC(C)C(CO)NS(=O)(=O)c1ccc(Cl)cc1C(F)(F)F. The van der Waals surface area contributed by atoms with Gasteiger partial charge in [-0.2, -0.15) is 13.2 Å². The first-order chi connectivity index (χ1) is 9.49. The quantitative estimate of drug-likeness (QED) is 0.862. The number of aliphatic hydroxyl groups is 1. The van der Waals surface area contributed by atoms with Gasteiger partial charge in [-0.3, -0.25) is 0 Å². The van der Waals surface area contributed by atoms with E-state index in [0.29, 0.717) is 6.07 Å². The first-order valence-electron chi connectivity index (χ1n) is 5.99. The predicted molar refractivity (Wildman–Crippen MR) is 72.5 cm³/mol. The summed E-state index contributed by atoms with van der Waals surface area (Å²) in [5.74, 6) is -0.286. The molecule has 1 rings (SSSR count). The van der Waals surface area contributed by atoms with Crippen LogP contribution in [-0.4, -0.2) is 26.2 Å². The van der Waals surface area contributed by atoms with Gasteiger partial charge < -0.3 is 5.11 Å². The summed E-state index contributed by atoms with van der Waals surface area (Å²) in [7, 11) is -4.44. The van der Waals surface area contributed by atoms with Gasteiger partial charge in [-0.25, -0.2) is 13.1 Å². The lowest BCUT2D eigenvalue weighted by atomic mass is 10.1. The van der Waals surface area contributed by atoms with Gasteiger partial charge in [0.25, 0.3) is 0 Å². The average molecular weight is 346 g/mol. The van der Waals surface area contributed by atoms with Crippen molar-refractivity contribution in [2.24, 2.45) is 5.92 Å². The lowest BCUT2D eigenvalue weighted by Crippen LogP contribution is -2.41. The van der Waals surface area contributed by atoms with Gasteiger partial charge in [-0.05, 0) is 24.1 Å². The normalized spacial score (nSPS) is 14.5.